The minimum Gasteiger partial charge on any atom is -0.382 e. The van der Waals surface area contributed by atoms with Gasteiger partial charge in [0.2, 0.25) is 0 Å². The molecule has 0 amide bonds. The smallest absolute Gasteiger partial charge is 0.0296 e. The Morgan fingerprint density at radius 2 is 2.64 bits per heavy atom. The van der Waals surface area contributed by atoms with Crippen molar-refractivity contribution in [3.8, 4) is 0 Å². The normalized spacial score (nSPS) is 22.6. The van der Waals surface area contributed by atoms with E-state index in [-0.39, 0.29) is 0 Å². The Morgan fingerprint density at radius 3 is 3.18 bits per heavy atom. The van der Waals surface area contributed by atoms with Crippen LogP contribution in [0, 0.1) is 0 Å². The van der Waals surface area contributed by atoms with Gasteiger partial charge in [-0.3, -0.25) is 0 Å². The third kappa shape index (κ3) is 2.41. The van der Waals surface area contributed by atoms with Gasteiger partial charge in [-0.1, -0.05) is 32.4 Å². The number of hydrogen-bond donors (Lipinski definition) is 1. The summed E-state index contributed by atoms with van der Waals surface area (Å²) in [4.78, 5) is 0. The minimum atomic E-state index is 0.683. The highest BCUT2D eigenvalue weighted by Crippen LogP contribution is 2.14. The zero-order valence-electron chi connectivity index (χ0n) is 7.27. The fourth-order valence-electron chi connectivity index (χ4n) is 1.41. The Morgan fingerprint density at radius 1 is 1.82 bits per heavy atom. The van der Waals surface area contributed by atoms with Crippen LogP contribution in [0.1, 0.15) is 32.6 Å². The van der Waals surface area contributed by atoms with Crippen LogP contribution >= 0.6 is 0 Å². The van der Waals surface area contributed by atoms with Gasteiger partial charge in [0.1, 0.15) is 0 Å². The lowest BCUT2D eigenvalue weighted by Gasteiger charge is -2.10. The summed E-state index contributed by atoms with van der Waals surface area (Å²) in [7, 11) is 0. The van der Waals surface area contributed by atoms with E-state index in [4.69, 9.17) is 0 Å². The Labute approximate surface area is 69.2 Å². The monoisotopic (exact) mass is 151 g/mol. The molecule has 0 bridgehead atoms. The van der Waals surface area contributed by atoms with Gasteiger partial charge in [-0.15, -0.1) is 0 Å². The van der Waals surface area contributed by atoms with Crippen molar-refractivity contribution in [2.24, 2.45) is 0 Å². The van der Waals surface area contributed by atoms with Gasteiger partial charge in [-0.05, 0) is 18.9 Å². The van der Waals surface area contributed by atoms with Crippen LogP contribution < -0.4 is 5.32 Å². The number of hydrogen-bond acceptors (Lipinski definition) is 1. The lowest BCUT2D eigenvalue weighted by Crippen LogP contribution is -2.21. The van der Waals surface area contributed by atoms with Crippen molar-refractivity contribution in [2.75, 3.05) is 0 Å². The maximum Gasteiger partial charge on any atom is 0.0296 e. The first-order valence-electron chi connectivity index (χ1n) is 4.46. The SMILES string of the molecule is C=CC1=CCC(CCCC)N1. The van der Waals surface area contributed by atoms with Crippen LogP contribution in [0.4, 0.5) is 0 Å². The molecule has 0 radical (unpaired) electrons. The van der Waals surface area contributed by atoms with Crippen LogP contribution in [0.3, 0.4) is 0 Å². The third-order valence-electron chi connectivity index (χ3n) is 2.12. The second-order valence-electron chi connectivity index (χ2n) is 3.08. The molecule has 1 aliphatic heterocycles. The summed E-state index contributed by atoms with van der Waals surface area (Å²) in [6.45, 7) is 5.96. The molecule has 0 aliphatic carbocycles. The standard InChI is InChI=1S/C10H17N/c1-3-5-6-10-8-7-9(4-2)11-10/h4,7,10-11H,2-3,5-6,8H2,1H3. The Hall–Kier alpha value is -0.720. The lowest BCUT2D eigenvalue weighted by molar-refractivity contribution is 0.540. The summed E-state index contributed by atoms with van der Waals surface area (Å²) in [5.74, 6) is 0. The average molecular weight is 151 g/mol. The van der Waals surface area contributed by atoms with E-state index in [1.54, 1.807) is 0 Å². The number of allylic oxidation sites excluding steroid dienone is 1. The summed E-state index contributed by atoms with van der Waals surface area (Å²) in [5, 5.41) is 3.42. The topological polar surface area (TPSA) is 12.0 Å². The van der Waals surface area contributed by atoms with Crippen LogP contribution in [-0.4, -0.2) is 6.04 Å². The first kappa shape index (κ1) is 8.38. The molecule has 1 atom stereocenters. The van der Waals surface area contributed by atoms with Gasteiger partial charge in [-0.2, -0.15) is 0 Å². The molecule has 1 aliphatic rings. The van der Waals surface area contributed by atoms with Crippen LogP contribution in [0.2, 0.25) is 0 Å². The molecular weight excluding hydrogens is 134 g/mol. The summed E-state index contributed by atoms with van der Waals surface area (Å²) in [5.41, 5.74) is 1.21. The van der Waals surface area contributed by atoms with Crippen LogP contribution in [0.25, 0.3) is 0 Å². The Kier molecular flexibility index (Phi) is 3.21. The second kappa shape index (κ2) is 4.22. The van der Waals surface area contributed by atoms with Crippen molar-refractivity contribution in [1.82, 2.24) is 5.32 Å². The highest BCUT2D eigenvalue weighted by molar-refractivity contribution is 5.19. The molecule has 0 aromatic rings. The molecule has 1 nitrogen and oxygen atoms in total. The van der Waals surface area contributed by atoms with Crippen molar-refractivity contribution in [2.45, 2.75) is 38.6 Å². The van der Waals surface area contributed by atoms with E-state index < -0.39 is 0 Å². The molecule has 0 saturated heterocycles. The van der Waals surface area contributed by atoms with Gasteiger partial charge in [0.25, 0.3) is 0 Å². The molecule has 1 unspecified atom stereocenters. The van der Waals surface area contributed by atoms with Crippen LogP contribution in [-0.2, 0) is 0 Å². The molecule has 11 heavy (non-hydrogen) atoms. The van der Waals surface area contributed by atoms with E-state index in [1.807, 2.05) is 6.08 Å². The molecule has 0 spiro atoms. The first-order valence-corrected chi connectivity index (χ1v) is 4.46. The van der Waals surface area contributed by atoms with E-state index in [9.17, 15) is 0 Å². The van der Waals surface area contributed by atoms with Gasteiger partial charge < -0.3 is 5.32 Å². The zero-order valence-corrected chi connectivity index (χ0v) is 7.27. The molecule has 0 fully saturated rings. The van der Waals surface area contributed by atoms with E-state index in [0.717, 1.165) is 0 Å². The fourth-order valence-corrected chi connectivity index (χ4v) is 1.41. The summed E-state index contributed by atoms with van der Waals surface area (Å²) in [6.07, 6.45) is 9.22. The molecule has 62 valence electrons. The van der Waals surface area contributed by atoms with Crippen molar-refractivity contribution in [1.29, 1.82) is 0 Å². The molecule has 1 heterocycles. The summed E-state index contributed by atoms with van der Waals surface area (Å²) >= 11 is 0. The minimum absolute atomic E-state index is 0.683. The van der Waals surface area contributed by atoms with Gasteiger partial charge in [0.15, 0.2) is 0 Å². The summed E-state index contributed by atoms with van der Waals surface area (Å²) in [6, 6.07) is 0.683. The summed E-state index contributed by atoms with van der Waals surface area (Å²) < 4.78 is 0. The third-order valence-corrected chi connectivity index (χ3v) is 2.12. The Balaban J connectivity index is 2.19. The molecule has 1 rings (SSSR count). The van der Waals surface area contributed by atoms with Crippen molar-refractivity contribution in [3.63, 3.8) is 0 Å². The number of rotatable bonds is 4. The molecule has 0 aromatic carbocycles. The maximum absolute atomic E-state index is 3.73. The molecule has 1 heteroatoms. The average Bonchev–Trinajstić information content (AvgIpc) is 2.48. The fraction of sp³-hybridized carbons (Fsp3) is 0.600. The molecule has 0 aromatic heterocycles. The molecule has 1 N–H and O–H groups in total. The lowest BCUT2D eigenvalue weighted by atomic mass is 10.1. The second-order valence-corrected chi connectivity index (χ2v) is 3.08. The van der Waals surface area contributed by atoms with Crippen molar-refractivity contribution < 1.29 is 0 Å². The predicted octanol–water partition coefficient (Wildman–Crippen LogP) is 2.61. The molecular formula is C10H17N. The quantitative estimate of drug-likeness (QED) is 0.651. The van der Waals surface area contributed by atoms with E-state index in [2.05, 4.69) is 24.9 Å². The molecule has 0 saturated carbocycles. The van der Waals surface area contributed by atoms with Crippen molar-refractivity contribution >= 4 is 0 Å². The number of nitrogens with one attached hydrogen (secondary N) is 1. The maximum atomic E-state index is 3.73. The van der Waals surface area contributed by atoms with Gasteiger partial charge in [0, 0.05) is 11.7 Å². The predicted molar refractivity (Wildman–Crippen MR) is 49.3 cm³/mol. The van der Waals surface area contributed by atoms with Crippen molar-refractivity contribution in [3.05, 3.63) is 24.4 Å². The van der Waals surface area contributed by atoms with E-state index in [1.165, 1.54) is 31.4 Å². The first-order chi connectivity index (χ1) is 5.36. The van der Waals surface area contributed by atoms with Crippen LogP contribution in [0.5, 0.6) is 0 Å². The van der Waals surface area contributed by atoms with E-state index in [0.29, 0.717) is 6.04 Å². The highest BCUT2D eigenvalue weighted by atomic mass is 14.9. The van der Waals surface area contributed by atoms with Gasteiger partial charge >= 0.3 is 0 Å². The zero-order chi connectivity index (χ0) is 8.10. The van der Waals surface area contributed by atoms with Crippen LogP contribution in [0.15, 0.2) is 24.4 Å². The highest BCUT2D eigenvalue weighted by Gasteiger charge is 2.11. The van der Waals surface area contributed by atoms with Gasteiger partial charge in [0.05, 0.1) is 0 Å². The Bertz CT molecular complexity index is 158. The largest absolute Gasteiger partial charge is 0.382 e. The number of unbranched alkanes of at least 4 members (excludes halogenated alkanes) is 1. The van der Waals surface area contributed by atoms with Gasteiger partial charge in [-0.25, -0.2) is 0 Å². The van der Waals surface area contributed by atoms with E-state index >= 15 is 0 Å².